The van der Waals surface area contributed by atoms with Crippen LogP contribution in [0.5, 0.6) is 0 Å². The smallest absolute Gasteiger partial charge is 0.251 e. The van der Waals surface area contributed by atoms with Gasteiger partial charge in [0.2, 0.25) is 0 Å². The topological polar surface area (TPSA) is 47.6 Å². The van der Waals surface area contributed by atoms with Crippen LogP contribution < -0.4 is 5.32 Å². The zero-order valence-corrected chi connectivity index (χ0v) is 9.94. The molecule has 0 saturated carbocycles. The van der Waals surface area contributed by atoms with Crippen molar-refractivity contribution in [2.75, 3.05) is 19.8 Å². The maximum atomic E-state index is 11.8. The molecule has 1 fully saturated rings. The maximum Gasteiger partial charge on any atom is 0.251 e. The largest absolute Gasteiger partial charge is 0.352 e. The highest BCUT2D eigenvalue weighted by Gasteiger charge is 2.16. The Bertz CT molecular complexity index is 386. The molecular weight excluding hydrogens is 218 g/mol. The number of carbonyl (C=O) groups is 1. The molecule has 2 rings (SSSR count). The van der Waals surface area contributed by atoms with E-state index >= 15 is 0 Å². The summed E-state index contributed by atoms with van der Waals surface area (Å²) >= 11 is 0. The Kier molecular flexibility index (Phi) is 4.12. The number of carbonyl (C=O) groups excluding carboxylic acids is 1. The molecule has 92 valence electrons. The molecule has 0 radical (unpaired) electrons. The quantitative estimate of drug-likeness (QED) is 0.860. The second kappa shape index (κ2) is 5.80. The molecule has 1 aliphatic rings. The molecule has 1 aliphatic heterocycles. The van der Waals surface area contributed by atoms with Gasteiger partial charge in [0.05, 0.1) is 13.2 Å². The zero-order chi connectivity index (χ0) is 12.1. The van der Waals surface area contributed by atoms with Crippen molar-refractivity contribution in [1.82, 2.24) is 5.32 Å². The number of amides is 1. The van der Waals surface area contributed by atoms with Gasteiger partial charge in [0, 0.05) is 18.5 Å². The predicted octanol–water partition coefficient (Wildman–Crippen LogP) is 1.49. The van der Waals surface area contributed by atoms with E-state index in [0.29, 0.717) is 26.2 Å². The summed E-state index contributed by atoms with van der Waals surface area (Å²) in [4.78, 5) is 11.8. The van der Waals surface area contributed by atoms with Gasteiger partial charge in [-0.1, -0.05) is 18.2 Å². The summed E-state index contributed by atoms with van der Waals surface area (Å²) in [5, 5.41) is 2.87. The summed E-state index contributed by atoms with van der Waals surface area (Å²) in [6.07, 6.45) is 0.532. The molecule has 1 aromatic rings. The van der Waals surface area contributed by atoms with Crippen LogP contribution in [0.15, 0.2) is 24.3 Å². The highest BCUT2D eigenvalue weighted by molar-refractivity contribution is 5.95. The van der Waals surface area contributed by atoms with Crippen LogP contribution >= 0.6 is 0 Å². The Balaban J connectivity index is 1.79. The van der Waals surface area contributed by atoms with Gasteiger partial charge in [-0.25, -0.2) is 0 Å². The molecule has 4 nitrogen and oxygen atoms in total. The number of benzene rings is 1. The van der Waals surface area contributed by atoms with E-state index in [0.717, 1.165) is 11.1 Å². The fraction of sp³-hybridized carbons (Fsp3) is 0.462. The van der Waals surface area contributed by atoms with Gasteiger partial charge >= 0.3 is 0 Å². The monoisotopic (exact) mass is 235 g/mol. The summed E-state index contributed by atoms with van der Waals surface area (Å²) in [6.45, 7) is 3.79. The van der Waals surface area contributed by atoms with E-state index in [2.05, 4.69) is 5.32 Å². The fourth-order valence-corrected chi connectivity index (χ4v) is 1.80. The van der Waals surface area contributed by atoms with Gasteiger partial charge in [0.25, 0.3) is 5.91 Å². The third-order valence-electron chi connectivity index (χ3n) is 2.75. The third kappa shape index (κ3) is 3.28. The number of nitrogens with one attached hydrogen (secondary N) is 1. The average Bonchev–Trinajstić information content (AvgIpc) is 2.82. The van der Waals surface area contributed by atoms with Crippen LogP contribution in [-0.2, 0) is 9.47 Å². The zero-order valence-electron chi connectivity index (χ0n) is 9.94. The van der Waals surface area contributed by atoms with Crippen LogP contribution in [0.25, 0.3) is 0 Å². The predicted molar refractivity (Wildman–Crippen MR) is 63.8 cm³/mol. The van der Waals surface area contributed by atoms with E-state index in [1.807, 2.05) is 31.2 Å². The van der Waals surface area contributed by atoms with Crippen LogP contribution in [0, 0.1) is 6.92 Å². The molecule has 1 amide bonds. The Morgan fingerprint density at radius 2 is 2.06 bits per heavy atom. The van der Waals surface area contributed by atoms with Crippen LogP contribution in [0.2, 0.25) is 0 Å². The summed E-state index contributed by atoms with van der Waals surface area (Å²) < 4.78 is 10.6. The fourth-order valence-electron chi connectivity index (χ4n) is 1.80. The number of hydrogen-bond donors (Lipinski definition) is 1. The second-order valence-corrected chi connectivity index (χ2v) is 4.03. The minimum Gasteiger partial charge on any atom is -0.352 e. The first-order valence-electron chi connectivity index (χ1n) is 5.84. The highest BCUT2D eigenvalue weighted by Crippen LogP contribution is 2.08. The molecule has 4 heteroatoms. The van der Waals surface area contributed by atoms with E-state index in [1.165, 1.54) is 0 Å². The van der Waals surface area contributed by atoms with Gasteiger partial charge in [0.15, 0.2) is 6.29 Å². The average molecular weight is 235 g/mol. The molecule has 0 aromatic heterocycles. The number of aryl methyl sites for hydroxylation is 1. The van der Waals surface area contributed by atoms with Crippen LogP contribution in [0.4, 0.5) is 0 Å². The second-order valence-electron chi connectivity index (χ2n) is 4.03. The van der Waals surface area contributed by atoms with Crippen molar-refractivity contribution < 1.29 is 14.3 Å². The van der Waals surface area contributed by atoms with Crippen molar-refractivity contribution in [3.05, 3.63) is 35.4 Å². The first-order valence-corrected chi connectivity index (χ1v) is 5.84. The van der Waals surface area contributed by atoms with Crippen LogP contribution in [-0.4, -0.2) is 32.0 Å². The standard InChI is InChI=1S/C13H17NO3/c1-10-4-2-3-5-11(10)13(15)14-7-6-12-16-8-9-17-12/h2-5,12H,6-9H2,1H3,(H,14,15). The molecule has 0 atom stereocenters. The van der Waals surface area contributed by atoms with Gasteiger partial charge < -0.3 is 14.8 Å². The van der Waals surface area contributed by atoms with Gasteiger partial charge in [-0.15, -0.1) is 0 Å². The first kappa shape index (κ1) is 12.1. The lowest BCUT2D eigenvalue weighted by Gasteiger charge is -2.10. The lowest BCUT2D eigenvalue weighted by molar-refractivity contribution is -0.0455. The van der Waals surface area contributed by atoms with Crippen LogP contribution in [0.1, 0.15) is 22.3 Å². The van der Waals surface area contributed by atoms with Gasteiger partial charge in [-0.2, -0.15) is 0 Å². The van der Waals surface area contributed by atoms with Crippen molar-refractivity contribution in [1.29, 1.82) is 0 Å². The molecule has 17 heavy (non-hydrogen) atoms. The van der Waals surface area contributed by atoms with Crippen molar-refractivity contribution in [3.63, 3.8) is 0 Å². The van der Waals surface area contributed by atoms with E-state index < -0.39 is 0 Å². The summed E-state index contributed by atoms with van der Waals surface area (Å²) in [5.41, 5.74) is 1.71. The molecule has 0 bridgehead atoms. The Hall–Kier alpha value is -1.39. The van der Waals surface area contributed by atoms with E-state index in [9.17, 15) is 4.79 Å². The molecule has 1 N–H and O–H groups in total. The summed E-state index contributed by atoms with van der Waals surface area (Å²) in [5.74, 6) is -0.0407. The van der Waals surface area contributed by atoms with E-state index in [4.69, 9.17) is 9.47 Å². The van der Waals surface area contributed by atoms with Gasteiger partial charge in [-0.3, -0.25) is 4.79 Å². The Morgan fingerprint density at radius 3 is 2.76 bits per heavy atom. The van der Waals surface area contributed by atoms with E-state index in [-0.39, 0.29) is 12.2 Å². The SMILES string of the molecule is Cc1ccccc1C(=O)NCCC1OCCO1. The van der Waals surface area contributed by atoms with Gasteiger partial charge in [-0.05, 0) is 18.6 Å². The minimum absolute atomic E-state index is 0.0407. The van der Waals surface area contributed by atoms with E-state index in [1.54, 1.807) is 0 Å². The molecule has 0 spiro atoms. The molecule has 1 aromatic carbocycles. The first-order chi connectivity index (χ1) is 8.27. The summed E-state index contributed by atoms with van der Waals surface area (Å²) in [6, 6.07) is 7.54. The van der Waals surface area contributed by atoms with Crippen LogP contribution in [0.3, 0.4) is 0 Å². The van der Waals surface area contributed by atoms with Crippen molar-refractivity contribution in [3.8, 4) is 0 Å². The van der Waals surface area contributed by atoms with Crippen molar-refractivity contribution in [2.45, 2.75) is 19.6 Å². The lowest BCUT2D eigenvalue weighted by Crippen LogP contribution is -2.27. The highest BCUT2D eigenvalue weighted by atomic mass is 16.7. The van der Waals surface area contributed by atoms with Crippen molar-refractivity contribution in [2.24, 2.45) is 0 Å². The molecular formula is C13H17NO3. The molecule has 0 aliphatic carbocycles. The third-order valence-corrected chi connectivity index (χ3v) is 2.75. The molecule has 1 heterocycles. The Labute approximate surface area is 101 Å². The number of ether oxygens (including phenoxy) is 2. The maximum absolute atomic E-state index is 11.8. The number of rotatable bonds is 4. The normalized spacial score (nSPS) is 16.1. The molecule has 1 saturated heterocycles. The van der Waals surface area contributed by atoms with Crippen molar-refractivity contribution >= 4 is 5.91 Å². The molecule has 0 unspecified atom stereocenters. The summed E-state index contributed by atoms with van der Waals surface area (Å²) in [7, 11) is 0. The lowest BCUT2D eigenvalue weighted by atomic mass is 10.1. The number of hydrogen-bond acceptors (Lipinski definition) is 3. The van der Waals surface area contributed by atoms with Gasteiger partial charge in [0.1, 0.15) is 0 Å². The minimum atomic E-state index is -0.160. The Morgan fingerprint density at radius 1 is 1.35 bits per heavy atom.